The van der Waals surface area contributed by atoms with Crippen molar-refractivity contribution in [2.75, 3.05) is 39.4 Å². The molecule has 2 rings (SSSR count). The van der Waals surface area contributed by atoms with E-state index in [0.29, 0.717) is 26.2 Å². The summed E-state index contributed by atoms with van der Waals surface area (Å²) in [5.74, 6) is -0.286. The predicted octanol–water partition coefficient (Wildman–Crippen LogP) is 8.09. The summed E-state index contributed by atoms with van der Waals surface area (Å²) in [6.45, 7) is 13.7. The van der Waals surface area contributed by atoms with E-state index in [1.165, 1.54) is 64.2 Å². The maximum atomic E-state index is 12.6. The molecule has 0 unspecified atom stereocenters. The number of alkyl carbamates (subject to hydrolysis) is 1. The summed E-state index contributed by atoms with van der Waals surface area (Å²) in [4.78, 5) is 27.1. The summed E-state index contributed by atoms with van der Waals surface area (Å²) >= 11 is 0. The first-order valence-electron chi connectivity index (χ1n) is 17.5. The maximum Gasteiger partial charge on any atom is 0.407 e. The second-order valence-electron chi connectivity index (χ2n) is 12.1. The number of likely N-dealkylation sites (tertiary alicyclic amines) is 1. The van der Waals surface area contributed by atoms with Crippen molar-refractivity contribution in [2.45, 2.75) is 136 Å². The summed E-state index contributed by atoms with van der Waals surface area (Å²) in [6.07, 6.45) is 16.8. The summed E-state index contributed by atoms with van der Waals surface area (Å²) < 4.78 is 23.1. The highest BCUT2D eigenvalue weighted by atomic mass is 16.7. The second-order valence-corrected chi connectivity index (χ2v) is 12.1. The molecule has 1 amide bonds. The molecule has 0 bridgehead atoms. The zero-order chi connectivity index (χ0) is 31.7. The lowest BCUT2D eigenvalue weighted by Gasteiger charge is -2.18. The Labute approximate surface area is 267 Å². The van der Waals surface area contributed by atoms with Crippen LogP contribution in [0.4, 0.5) is 4.79 Å². The van der Waals surface area contributed by atoms with Gasteiger partial charge in [-0.2, -0.15) is 0 Å². The van der Waals surface area contributed by atoms with E-state index < -0.39 is 6.09 Å². The number of ether oxygens (including phenoxy) is 4. The van der Waals surface area contributed by atoms with Gasteiger partial charge in [0.25, 0.3) is 0 Å². The highest BCUT2D eigenvalue weighted by Gasteiger charge is 2.15. The van der Waals surface area contributed by atoms with Gasteiger partial charge in [-0.15, -0.1) is 0 Å². The van der Waals surface area contributed by atoms with Crippen LogP contribution in [-0.2, 0) is 37.0 Å². The van der Waals surface area contributed by atoms with E-state index in [0.717, 1.165) is 62.0 Å². The third-order valence-electron chi connectivity index (χ3n) is 7.97. The highest BCUT2D eigenvalue weighted by Crippen LogP contribution is 2.15. The van der Waals surface area contributed by atoms with Crippen molar-refractivity contribution in [1.82, 2.24) is 10.2 Å². The second kappa shape index (κ2) is 25.1. The normalized spacial score (nSPS) is 13.5. The van der Waals surface area contributed by atoms with E-state index in [2.05, 4.69) is 31.0 Å². The van der Waals surface area contributed by atoms with Crippen LogP contribution in [0.1, 0.15) is 133 Å². The van der Waals surface area contributed by atoms with E-state index in [1.54, 1.807) is 0 Å². The number of esters is 1. The molecular formula is C36H61N2O6. The van der Waals surface area contributed by atoms with Crippen LogP contribution < -0.4 is 5.32 Å². The summed E-state index contributed by atoms with van der Waals surface area (Å²) in [7, 11) is 0. The molecule has 44 heavy (non-hydrogen) atoms. The quantitative estimate of drug-likeness (QED) is 0.0639. The Morgan fingerprint density at radius 2 is 1.34 bits per heavy atom. The molecule has 8 nitrogen and oxygen atoms in total. The van der Waals surface area contributed by atoms with Gasteiger partial charge in [0, 0.05) is 32.7 Å². The maximum absolute atomic E-state index is 12.6. The number of hydrogen-bond acceptors (Lipinski definition) is 7. The fraction of sp³-hybridized carbons (Fsp3) is 0.750. The standard InChI is InChI=1S/C36H61N2O6/c1-4-6-8-10-12-16-24-41-35(42-25-17-13-11-9-7-5-2)19-18-34(39)43-29-32-26-31(3)27-33(28-32)30-44-36(40)37-20-23-38-21-14-15-22-38/h26-28,35H,3-25,29-30H2,1-2H3,(H,37,40). The number of benzene rings is 1. The Morgan fingerprint density at radius 1 is 0.795 bits per heavy atom. The molecule has 1 fully saturated rings. The number of rotatable bonds is 26. The largest absolute Gasteiger partial charge is 0.461 e. The first-order chi connectivity index (χ1) is 21.5. The Kier molecular flexibility index (Phi) is 21.7. The summed E-state index contributed by atoms with van der Waals surface area (Å²) in [5.41, 5.74) is 2.40. The smallest absolute Gasteiger partial charge is 0.407 e. The van der Waals surface area contributed by atoms with Crippen LogP contribution in [0.5, 0.6) is 0 Å². The van der Waals surface area contributed by atoms with Gasteiger partial charge in [0.05, 0.1) is 6.42 Å². The molecular weight excluding hydrogens is 556 g/mol. The van der Waals surface area contributed by atoms with Gasteiger partial charge in [0.1, 0.15) is 13.2 Å². The molecule has 1 saturated heterocycles. The SMILES string of the molecule is [CH2]c1cc(COC(=O)CCC(OCCCCCCCC)OCCCCCCCC)cc(COC(=O)NCCN2CCCC2)c1. The molecule has 0 saturated carbocycles. The van der Waals surface area contributed by atoms with Gasteiger partial charge in [0.15, 0.2) is 6.29 Å². The van der Waals surface area contributed by atoms with Gasteiger partial charge >= 0.3 is 12.1 Å². The molecule has 1 aromatic rings. The minimum Gasteiger partial charge on any atom is -0.461 e. The van der Waals surface area contributed by atoms with E-state index in [9.17, 15) is 9.59 Å². The average molecular weight is 618 g/mol. The Balaban J connectivity index is 1.70. The predicted molar refractivity (Wildman–Crippen MR) is 176 cm³/mol. The van der Waals surface area contributed by atoms with Gasteiger partial charge in [-0.1, -0.05) is 90.2 Å². The van der Waals surface area contributed by atoms with Gasteiger partial charge in [-0.05, 0) is 68.5 Å². The third-order valence-corrected chi connectivity index (χ3v) is 7.97. The van der Waals surface area contributed by atoms with E-state index in [4.69, 9.17) is 18.9 Å². The number of carbonyl (C=O) groups excluding carboxylic acids is 2. The topological polar surface area (TPSA) is 86.3 Å². The molecule has 1 aliphatic rings. The van der Waals surface area contributed by atoms with E-state index in [1.807, 2.05) is 18.2 Å². The minimum absolute atomic E-state index is 0.132. The molecule has 0 spiro atoms. The van der Waals surface area contributed by atoms with Crippen LogP contribution in [0.15, 0.2) is 18.2 Å². The molecule has 1 radical (unpaired) electrons. The first kappa shape index (κ1) is 38.0. The van der Waals surface area contributed by atoms with Gasteiger partial charge in [-0.25, -0.2) is 4.79 Å². The third kappa shape index (κ3) is 19.3. The van der Waals surface area contributed by atoms with Crippen molar-refractivity contribution in [1.29, 1.82) is 0 Å². The number of nitrogens with one attached hydrogen (secondary N) is 1. The molecule has 0 atom stereocenters. The lowest BCUT2D eigenvalue weighted by Crippen LogP contribution is -2.33. The molecule has 0 aromatic heterocycles. The van der Waals surface area contributed by atoms with Crippen molar-refractivity contribution in [3.05, 3.63) is 41.8 Å². The zero-order valence-electron chi connectivity index (χ0n) is 27.9. The van der Waals surface area contributed by atoms with Crippen LogP contribution in [-0.4, -0.2) is 62.6 Å². The lowest BCUT2D eigenvalue weighted by molar-refractivity contribution is -0.160. The van der Waals surface area contributed by atoms with Gasteiger partial charge in [-0.3, -0.25) is 4.79 Å². The molecule has 251 valence electrons. The molecule has 0 aliphatic carbocycles. The van der Waals surface area contributed by atoms with E-state index >= 15 is 0 Å². The van der Waals surface area contributed by atoms with Crippen molar-refractivity contribution in [3.63, 3.8) is 0 Å². The highest BCUT2D eigenvalue weighted by molar-refractivity contribution is 5.69. The van der Waals surface area contributed by atoms with Gasteiger partial charge in [0.2, 0.25) is 0 Å². The van der Waals surface area contributed by atoms with Crippen LogP contribution in [0.3, 0.4) is 0 Å². The minimum atomic E-state index is -0.432. The summed E-state index contributed by atoms with van der Waals surface area (Å²) in [5, 5.41) is 2.82. The number of unbranched alkanes of at least 4 members (excludes halogenated alkanes) is 10. The fourth-order valence-electron chi connectivity index (χ4n) is 5.41. The zero-order valence-corrected chi connectivity index (χ0v) is 27.9. The van der Waals surface area contributed by atoms with Crippen molar-refractivity contribution < 1.29 is 28.5 Å². The van der Waals surface area contributed by atoms with Crippen LogP contribution >= 0.6 is 0 Å². The lowest BCUT2D eigenvalue weighted by atomic mass is 10.1. The number of nitrogens with zero attached hydrogens (tertiary/aromatic N) is 1. The monoisotopic (exact) mass is 617 g/mol. The summed E-state index contributed by atoms with van der Waals surface area (Å²) in [6, 6.07) is 5.63. The number of hydrogen-bond donors (Lipinski definition) is 1. The molecule has 1 aliphatic heterocycles. The average Bonchev–Trinajstić information content (AvgIpc) is 3.53. The Bertz CT molecular complexity index is 871. The molecule has 1 aromatic carbocycles. The molecule has 8 heteroatoms. The van der Waals surface area contributed by atoms with Crippen LogP contribution in [0.2, 0.25) is 0 Å². The fourth-order valence-corrected chi connectivity index (χ4v) is 5.41. The molecule has 1 N–H and O–H groups in total. The Morgan fingerprint density at radius 3 is 1.93 bits per heavy atom. The number of carbonyl (C=O) groups is 2. The van der Waals surface area contributed by atoms with Crippen molar-refractivity contribution >= 4 is 12.1 Å². The Hall–Kier alpha value is -2.16. The van der Waals surface area contributed by atoms with Crippen LogP contribution in [0.25, 0.3) is 0 Å². The van der Waals surface area contributed by atoms with Crippen molar-refractivity contribution in [2.24, 2.45) is 0 Å². The van der Waals surface area contributed by atoms with Crippen molar-refractivity contribution in [3.8, 4) is 0 Å². The van der Waals surface area contributed by atoms with Crippen LogP contribution in [0, 0.1) is 6.92 Å². The number of amides is 1. The van der Waals surface area contributed by atoms with Gasteiger partial charge < -0.3 is 29.2 Å². The first-order valence-corrected chi connectivity index (χ1v) is 17.5. The molecule has 1 heterocycles. The van der Waals surface area contributed by atoms with E-state index in [-0.39, 0.29) is 31.9 Å².